The van der Waals surface area contributed by atoms with Gasteiger partial charge in [-0.05, 0) is 66.8 Å². The lowest BCUT2D eigenvalue weighted by molar-refractivity contribution is 0.0697. The Labute approximate surface area is 199 Å². The Bertz CT molecular complexity index is 1310. The molecule has 0 saturated carbocycles. The predicted octanol–water partition coefficient (Wildman–Crippen LogP) is 6.66. The SMILES string of the molecule is COc1ccc(-c2cc3cc(Cl)c(Cl)cc3[nH]2)cc1NC(=S)Nc1cccc(C(=O)O)c1. The van der Waals surface area contributed by atoms with E-state index >= 15 is 0 Å². The van der Waals surface area contributed by atoms with Crippen molar-refractivity contribution in [2.45, 2.75) is 0 Å². The number of hydrogen-bond acceptors (Lipinski definition) is 3. The molecule has 0 bridgehead atoms. The summed E-state index contributed by atoms with van der Waals surface area (Å²) in [4.78, 5) is 14.5. The highest BCUT2D eigenvalue weighted by molar-refractivity contribution is 7.80. The molecule has 1 aromatic heterocycles. The van der Waals surface area contributed by atoms with E-state index < -0.39 is 5.97 Å². The number of nitrogens with one attached hydrogen (secondary N) is 3. The van der Waals surface area contributed by atoms with Gasteiger partial charge in [0.05, 0.1) is 28.4 Å². The molecular formula is C23H17Cl2N3O3S. The van der Waals surface area contributed by atoms with Gasteiger partial charge in [0.25, 0.3) is 0 Å². The minimum Gasteiger partial charge on any atom is -0.495 e. The maximum absolute atomic E-state index is 11.2. The number of anilines is 2. The van der Waals surface area contributed by atoms with Crippen LogP contribution in [0.5, 0.6) is 5.75 Å². The number of methoxy groups -OCH3 is 1. The molecule has 0 aliphatic rings. The zero-order chi connectivity index (χ0) is 22.8. The summed E-state index contributed by atoms with van der Waals surface area (Å²) in [7, 11) is 1.57. The number of aromatic nitrogens is 1. The van der Waals surface area contributed by atoms with Crippen LogP contribution in [0.3, 0.4) is 0 Å². The van der Waals surface area contributed by atoms with E-state index in [4.69, 9.17) is 45.3 Å². The Hall–Kier alpha value is -3.26. The van der Waals surface area contributed by atoms with E-state index in [2.05, 4.69) is 15.6 Å². The molecule has 4 rings (SSSR count). The van der Waals surface area contributed by atoms with Crippen molar-refractivity contribution in [3.05, 3.63) is 76.3 Å². The van der Waals surface area contributed by atoms with Gasteiger partial charge in [0.15, 0.2) is 5.11 Å². The molecule has 32 heavy (non-hydrogen) atoms. The zero-order valence-corrected chi connectivity index (χ0v) is 19.0. The zero-order valence-electron chi connectivity index (χ0n) is 16.7. The molecule has 3 aromatic carbocycles. The van der Waals surface area contributed by atoms with Crippen LogP contribution in [0, 0.1) is 0 Å². The van der Waals surface area contributed by atoms with Crippen molar-refractivity contribution < 1.29 is 14.6 Å². The summed E-state index contributed by atoms with van der Waals surface area (Å²) in [5, 5.41) is 17.5. The fourth-order valence-corrected chi connectivity index (χ4v) is 3.83. The van der Waals surface area contributed by atoms with Gasteiger partial charge in [0.1, 0.15) is 5.75 Å². The third-order valence-electron chi connectivity index (χ3n) is 4.79. The van der Waals surface area contributed by atoms with Crippen LogP contribution in [-0.2, 0) is 0 Å². The number of aromatic amines is 1. The number of ether oxygens (including phenoxy) is 1. The fourth-order valence-electron chi connectivity index (χ4n) is 3.27. The summed E-state index contributed by atoms with van der Waals surface area (Å²) in [5.74, 6) is -0.415. The van der Waals surface area contributed by atoms with Crippen molar-refractivity contribution in [1.29, 1.82) is 0 Å². The molecule has 0 unspecified atom stereocenters. The molecule has 9 heteroatoms. The van der Waals surface area contributed by atoms with Crippen LogP contribution in [0.15, 0.2) is 60.7 Å². The quantitative estimate of drug-likeness (QED) is 0.236. The number of hydrogen-bond donors (Lipinski definition) is 4. The second-order valence-electron chi connectivity index (χ2n) is 6.92. The van der Waals surface area contributed by atoms with Gasteiger partial charge in [0, 0.05) is 27.8 Å². The molecule has 0 radical (unpaired) electrons. The number of benzene rings is 3. The molecule has 0 aliphatic heterocycles. The summed E-state index contributed by atoms with van der Waals surface area (Å²) >= 11 is 17.7. The molecule has 4 N–H and O–H groups in total. The van der Waals surface area contributed by atoms with Gasteiger partial charge in [-0.25, -0.2) is 4.79 Å². The molecule has 162 valence electrons. The highest BCUT2D eigenvalue weighted by Gasteiger charge is 2.12. The maximum atomic E-state index is 11.2. The lowest BCUT2D eigenvalue weighted by Crippen LogP contribution is -2.19. The largest absolute Gasteiger partial charge is 0.495 e. The van der Waals surface area contributed by atoms with E-state index in [1.807, 2.05) is 30.3 Å². The van der Waals surface area contributed by atoms with E-state index in [0.717, 1.165) is 22.2 Å². The average molecular weight is 486 g/mol. The van der Waals surface area contributed by atoms with Gasteiger partial charge in [-0.2, -0.15) is 0 Å². The molecule has 0 aliphatic carbocycles. The Morgan fingerprint density at radius 2 is 1.81 bits per heavy atom. The summed E-state index contributed by atoms with van der Waals surface area (Å²) in [5.41, 5.74) is 4.00. The van der Waals surface area contributed by atoms with Gasteiger partial charge in [-0.3, -0.25) is 0 Å². The van der Waals surface area contributed by atoms with Crippen LogP contribution >= 0.6 is 35.4 Å². The highest BCUT2D eigenvalue weighted by Crippen LogP contribution is 2.34. The number of carboxylic acids is 1. The van der Waals surface area contributed by atoms with E-state index in [0.29, 0.717) is 27.2 Å². The lowest BCUT2D eigenvalue weighted by atomic mass is 10.1. The number of halogens is 2. The second kappa shape index (κ2) is 9.08. The number of carboxylic acid groups (broad SMARTS) is 1. The monoisotopic (exact) mass is 485 g/mol. The van der Waals surface area contributed by atoms with Crippen molar-refractivity contribution in [1.82, 2.24) is 4.98 Å². The van der Waals surface area contributed by atoms with E-state index in [9.17, 15) is 4.79 Å². The first-order chi connectivity index (χ1) is 15.3. The molecule has 0 spiro atoms. The Kier molecular flexibility index (Phi) is 6.23. The first-order valence-corrected chi connectivity index (χ1v) is 10.6. The molecule has 4 aromatic rings. The molecule has 0 atom stereocenters. The smallest absolute Gasteiger partial charge is 0.335 e. The summed E-state index contributed by atoms with van der Waals surface area (Å²) < 4.78 is 5.46. The number of carbonyl (C=O) groups is 1. The van der Waals surface area contributed by atoms with Gasteiger partial charge < -0.3 is 25.5 Å². The van der Waals surface area contributed by atoms with Crippen LogP contribution < -0.4 is 15.4 Å². The third kappa shape index (κ3) is 4.65. The number of H-pyrrole nitrogens is 1. The average Bonchev–Trinajstić information content (AvgIpc) is 3.16. The lowest BCUT2D eigenvalue weighted by Gasteiger charge is -2.15. The molecule has 0 saturated heterocycles. The van der Waals surface area contributed by atoms with Gasteiger partial charge in [-0.1, -0.05) is 29.3 Å². The highest BCUT2D eigenvalue weighted by atomic mass is 35.5. The first-order valence-electron chi connectivity index (χ1n) is 9.41. The minimum absolute atomic E-state index is 0.163. The Balaban J connectivity index is 1.60. The van der Waals surface area contributed by atoms with E-state index in [1.54, 1.807) is 25.3 Å². The van der Waals surface area contributed by atoms with Crippen molar-refractivity contribution in [3.8, 4) is 17.0 Å². The summed E-state index contributed by atoms with van der Waals surface area (Å²) in [6.07, 6.45) is 0. The van der Waals surface area contributed by atoms with Crippen molar-refractivity contribution in [3.63, 3.8) is 0 Å². The van der Waals surface area contributed by atoms with Crippen LogP contribution in [0.4, 0.5) is 11.4 Å². The number of aromatic carboxylic acids is 1. The van der Waals surface area contributed by atoms with Crippen LogP contribution in [-0.4, -0.2) is 28.3 Å². The van der Waals surface area contributed by atoms with Crippen molar-refractivity contribution in [2.24, 2.45) is 0 Å². The number of fused-ring (bicyclic) bond motifs is 1. The normalized spacial score (nSPS) is 10.7. The van der Waals surface area contributed by atoms with Crippen molar-refractivity contribution >= 4 is 68.8 Å². The topological polar surface area (TPSA) is 86.4 Å². The summed E-state index contributed by atoms with van der Waals surface area (Å²) in [6.45, 7) is 0. The van der Waals surface area contributed by atoms with Crippen LogP contribution in [0.25, 0.3) is 22.2 Å². The molecule has 1 heterocycles. The maximum Gasteiger partial charge on any atom is 0.335 e. The minimum atomic E-state index is -1.01. The number of thiocarbonyl (C=S) groups is 1. The van der Waals surface area contributed by atoms with Crippen molar-refractivity contribution in [2.75, 3.05) is 17.7 Å². The Morgan fingerprint density at radius 3 is 2.56 bits per heavy atom. The Morgan fingerprint density at radius 1 is 1.03 bits per heavy atom. The fraction of sp³-hybridized carbons (Fsp3) is 0.0435. The molecule has 0 fully saturated rings. The van der Waals surface area contributed by atoms with Crippen LogP contribution in [0.2, 0.25) is 10.0 Å². The van der Waals surface area contributed by atoms with E-state index in [-0.39, 0.29) is 10.7 Å². The third-order valence-corrected chi connectivity index (χ3v) is 5.71. The first kappa shape index (κ1) is 22.0. The van der Waals surface area contributed by atoms with Gasteiger partial charge >= 0.3 is 5.97 Å². The molecule has 0 amide bonds. The molecule has 6 nitrogen and oxygen atoms in total. The molecular weight excluding hydrogens is 469 g/mol. The second-order valence-corrected chi connectivity index (χ2v) is 8.14. The van der Waals surface area contributed by atoms with Gasteiger partial charge in [0.2, 0.25) is 0 Å². The number of rotatable bonds is 5. The van der Waals surface area contributed by atoms with Gasteiger partial charge in [-0.15, -0.1) is 0 Å². The standard InChI is InChI=1S/C23H17Cl2N3O3S/c1-31-21-6-5-12(18-10-14-8-16(24)17(25)11-19(14)27-18)9-20(21)28-23(32)26-15-4-2-3-13(7-15)22(29)30/h2-11,27H,1H3,(H,29,30)(H2,26,28,32). The van der Waals surface area contributed by atoms with Crippen LogP contribution in [0.1, 0.15) is 10.4 Å². The summed E-state index contributed by atoms with van der Waals surface area (Å²) in [6, 6.07) is 17.6. The van der Waals surface area contributed by atoms with E-state index in [1.165, 1.54) is 12.1 Å². The predicted molar refractivity (Wildman–Crippen MR) is 134 cm³/mol.